The van der Waals surface area contributed by atoms with Crippen molar-refractivity contribution in [3.8, 4) is 0 Å². The van der Waals surface area contributed by atoms with Gasteiger partial charge in [0.05, 0.1) is 11.6 Å². The zero-order valence-electron chi connectivity index (χ0n) is 15.0. The lowest BCUT2D eigenvalue weighted by Crippen LogP contribution is -2.36. The van der Waals surface area contributed by atoms with E-state index in [1.165, 1.54) is 9.78 Å². The maximum absolute atomic E-state index is 12.2. The first kappa shape index (κ1) is 18.7. The summed E-state index contributed by atoms with van der Waals surface area (Å²) in [5.74, 6) is -0.876. The Labute approximate surface area is 147 Å². The van der Waals surface area contributed by atoms with Crippen LogP contribution in [-0.2, 0) is 17.6 Å². The van der Waals surface area contributed by atoms with Gasteiger partial charge in [0.15, 0.2) is 5.13 Å². The molecule has 0 spiro atoms. The molecule has 134 valence electrons. The molecule has 2 N–H and O–H groups in total. The maximum atomic E-state index is 12.2. The molecule has 1 aromatic heterocycles. The molecule has 0 bridgehead atoms. The van der Waals surface area contributed by atoms with E-state index in [1.54, 1.807) is 25.3 Å². The lowest BCUT2D eigenvalue weighted by atomic mass is 9.73. The molecular formula is C17H27N3O3S. The largest absolute Gasteiger partial charge is 0.481 e. The summed E-state index contributed by atoms with van der Waals surface area (Å²) < 4.78 is 0. The van der Waals surface area contributed by atoms with Gasteiger partial charge in [-0.05, 0) is 30.6 Å². The fourth-order valence-corrected chi connectivity index (χ4v) is 4.00. The lowest BCUT2D eigenvalue weighted by Gasteiger charge is -2.33. The number of hydrogen-bond acceptors (Lipinski definition) is 4. The number of carbonyl (C=O) groups excluding carboxylic acids is 1. The molecule has 1 aromatic rings. The number of anilines is 1. The number of carbonyl (C=O) groups is 2. The highest BCUT2D eigenvalue weighted by molar-refractivity contribution is 7.15. The van der Waals surface area contributed by atoms with E-state index < -0.39 is 11.9 Å². The molecule has 0 radical (unpaired) electrons. The third-order valence-electron chi connectivity index (χ3n) is 4.69. The van der Waals surface area contributed by atoms with Crippen LogP contribution in [0.25, 0.3) is 0 Å². The SMILES string of the molecule is CC(CN(C)C(=O)Nc1nc2c(s1)CC(C(C)(C)C)CC2)C(=O)O. The van der Waals surface area contributed by atoms with Gasteiger partial charge in [-0.25, -0.2) is 9.78 Å². The number of rotatable bonds is 4. The van der Waals surface area contributed by atoms with Crippen LogP contribution in [0.3, 0.4) is 0 Å². The zero-order chi connectivity index (χ0) is 18.1. The number of hydrogen-bond donors (Lipinski definition) is 2. The minimum atomic E-state index is -0.910. The summed E-state index contributed by atoms with van der Waals surface area (Å²) in [6, 6.07) is -0.318. The fourth-order valence-electron chi connectivity index (χ4n) is 2.93. The van der Waals surface area contributed by atoms with Crippen molar-refractivity contribution in [2.24, 2.45) is 17.3 Å². The summed E-state index contributed by atoms with van der Waals surface area (Å²) in [7, 11) is 1.60. The summed E-state index contributed by atoms with van der Waals surface area (Å²) in [5, 5.41) is 12.3. The number of nitrogens with zero attached hydrogens (tertiary/aromatic N) is 2. The van der Waals surface area contributed by atoms with Crippen LogP contribution in [0.5, 0.6) is 0 Å². The monoisotopic (exact) mass is 353 g/mol. The predicted octanol–water partition coefficient (Wildman–Crippen LogP) is 3.48. The third-order valence-corrected chi connectivity index (χ3v) is 5.73. The molecule has 0 aliphatic heterocycles. The number of nitrogens with one attached hydrogen (secondary N) is 1. The Bertz CT molecular complexity index is 621. The van der Waals surface area contributed by atoms with Crippen molar-refractivity contribution in [3.05, 3.63) is 10.6 Å². The third kappa shape index (κ3) is 4.47. The van der Waals surface area contributed by atoms with Crippen LogP contribution in [0.4, 0.5) is 9.93 Å². The second kappa shape index (κ2) is 7.09. The van der Waals surface area contributed by atoms with Gasteiger partial charge in [0.2, 0.25) is 0 Å². The van der Waals surface area contributed by atoms with E-state index in [-0.39, 0.29) is 18.0 Å². The predicted molar refractivity (Wildman–Crippen MR) is 95.5 cm³/mol. The van der Waals surface area contributed by atoms with Gasteiger partial charge in [0.25, 0.3) is 0 Å². The Morgan fingerprint density at radius 3 is 2.71 bits per heavy atom. The molecule has 2 amide bonds. The average Bonchev–Trinajstić information content (AvgIpc) is 2.87. The number of fused-ring (bicyclic) bond motifs is 1. The highest BCUT2D eigenvalue weighted by Gasteiger charge is 2.31. The quantitative estimate of drug-likeness (QED) is 0.868. The Morgan fingerprint density at radius 1 is 1.46 bits per heavy atom. The Kier molecular flexibility index (Phi) is 5.52. The number of aliphatic carboxylic acids is 1. The van der Waals surface area contributed by atoms with Crippen molar-refractivity contribution in [2.45, 2.75) is 47.0 Å². The first-order chi connectivity index (χ1) is 11.1. The van der Waals surface area contributed by atoms with Crippen molar-refractivity contribution < 1.29 is 14.7 Å². The number of aromatic nitrogens is 1. The number of thiazole rings is 1. The van der Waals surface area contributed by atoms with Crippen LogP contribution >= 0.6 is 11.3 Å². The molecule has 0 saturated carbocycles. The minimum Gasteiger partial charge on any atom is -0.481 e. The molecule has 1 heterocycles. The van der Waals surface area contributed by atoms with E-state index in [1.807, 2.05) is 0 Å². The number of amides is 2. The molecule has 7 heteroatoms. The molecule has 0 saturated heterocycles. The van der Waals surface area contributed by atoms with E-state index in [0.29, 0.717) is 11.0 Å². The van der Waals surface area contributed by atoms with E-state index >= 15 is 0 Å². The van der Waals surface area contributed by atoms with Crippen molar-refractivity contribution in [2.75, 3.05) is 18.9 Å². The summed E-state index contributed by atoms with van der Waals surface area (Å²) in [6.07, 6.45) is 3.09. The van der Waals surface area contributed by atoms with E-state index in [4.69, 9.17) is 5.11 Å². The van der Waals surface area contributed by atoms with Crippen LogP contribution in [0, 0.1) is 17.3 Å². The lowest BCUT2D eigenvalue weighted by molar-refractivity contribution is -0.141. The van der Waals surface area contributed by atoms with Crippen LogP contribution in [0.2, 0.25) is 0 Å². The molecule has 1 aliphatic rings. The van der Waals surface area contributed by atoms with E-state index in [0.717, 1.165) is 25.0 Å². The van der Waals surface area contributed by atoms with Crippen molar-refractivity contribution in [1.82, 2.24) is 9.88 Å². The van der Waals surface area contributed by atoms with Gasteiger partial charge in [-0.15, -0.1) is 11.3 Å². The van der Waals surface area contributed by atoms with Gasteiger partial charge in [-0.2, -0.15) is 0 Å². The summed E-state index contributed by atoms with van der Waals surface area (Å²) in [5.41, 5.74) is 1.37. The zero-order valence-corrected chi connectivity index (χ0v) is 15.9. The van der Waals surface area contributed by atoms with Gasteiger partial charge in [-0.1, -0.05) is 27.7 Å². The topological polar surface area (TPSA) is 82.5 Å². The average molecular weight is 353 g/mol. The Balaban J connectivity index is 1.99. The second-order valence-electron chi connectivity index (χ2n) is 7.74. The summed E-state index contributed by atoms with van der Waals surface area (Å²) >= 11 is 1.54. The van der Waals surface area contributed by atoms with Crippen LogP contribution in [0.1, 0.15) is 44.7 Å². The number of urea groups is 1. The molecule has 24 heavy (non-hydrogen) atoms. The Morgan fingerprint density at radius 2 is 2.12 bits per heavy atom. The van der Waals surface area contributed by atoms with Crippen LogP contribution < -0.4 is 5.32 Å². The van der Waals surface area contributed by atoms with Gasteiger partial charge in [-0.3, -0.25) is 10.1 Å². The minimum absolute atomic E-state index is 0.165. The van der Waals surface area contributed by atoms with E-state index in [9.17, 15) is 9.59 Å². The molecule has 0 aromatic carbocycles. The first-order valence-electron chi connectivity index (χ1n) is 8.31. The van der Waals surface area contributed by atoms with Gasteiger partial charge in [0.1, 0.15) is 0 Å². The number of carboxylic acids is 1. The first-order valence-corrected chi connectivity index (χ1v) is 9.13. The van der Waals surface area contributed by atoms with E-state index in [2.05, 4.69) is 31.1 Å². The van der Waals surface area contributed by atoms with Crippen molar-refractivity contribution >= 4 is 28.5 Å². The number of aryl methyl sites for hydroxylation is 1. The van der Waals surface area contributed by atoms with Crippen LogP contribution in [-0.4, -0.2) is 40.6 Å². The molecule has 0 fully saturated rings. The van der Waals surface area contributed by atoms with Crippen molar-refractivity contribution in [1.29, 1.82) is 0 Å². The maximum Gasteiger partial charge on any atom is 0.323 e. The van der Waals surface area contributed by atoms with Crippen LogP contribution in [0.15, 0.2) is 0 Å². The highest BCUT2D eigenvalue weighted by Crippen LogP contribution is 2.40. The summed E-state index contributed by atoms with van der Waals surface area (Å²) in [4.78, 5) is 30.3. The molecule has 6 nitrogen and oxygen atoms in total. The molecule has 2 unspecified atom stereocenters. The second-order valence-corrected chi connectivity index (χ2v) is 8.83. The molecule has 2 rings (SSSR count). The normalized spacial score (nSPS) is 18.6. The van der Waals surface area contributed by atoms with Crippen molar-refractivity contribution in [3.63, 3.8) is 0 Å². The van der Waals surface area contributed by atoms with Gasteiger partial charge in [0, 0.05) is 18.5 Å². The highest BCUT2D eigenvalue weighted by atomic mass is 32.1. The molecule has 2 atom stereocenters. The number of carboxylic acid groups (broad SMARTS) is 1. The van der Waals surface area contributed by atoms with Gasteiger partial charge >= 0.3 is 12.0 Å². The standard InChI is InChI=1S/C17H27N3O3S/c1-10(14(21)22)9-20(5)16(23)19-15-18-12-7-6-11(17(2,3)4)8-13(12)24-15/h10-11H,6-9H2,1-5H3,(H,21,22)(H,18,19,23). The smallest absolute Gasteiger partial charge is 0.323 e. The van der Waals surface area contributed by atoms with Gasteiger partial charge < -0.3 is 10.0 Å². The molecule has 1 aliphatic carbocycles. The Hall–Kier alpha value is -1.63. The fraction of sp³-hybridized carbons (Fsp3) is 0.706. The molecular weight excluding hydrogens is 326 g/mol. The summed E-state index contributed by atoms with van der Waals surface area (Å²) in [6.45, 7) is 8.56.